The smallest absolute Gasteiger partial charge is 0.292 e. The van der Waals surface area contributed by atoms with Crippen LogP contribution in [0.5, 0.6) is 0 Å². The molecule has 0 saturated carbocycles. The molecule has 1 aromatic rings. The van der Waals surface area contributed by atoms with Crippen LogP contribution in [0.1, 0.15) is 6.92 Å². The molecule has 0 spiro atoms. The van der Waals surface area contributed by atoms with Gasteiger partial charge in [0.2, 0.25) is 0 Å². The molecule has 1 aromatic carbocycles. The summed E-state index contributed by atoms with van der Waals surface area (Å²) in [5.41, 5.74) is 6.13. The highest BCUT2D eigenvalue weighted by Crippen LogP contribution is 2.24. The Morgan fingerprint density at radius 3 is 2.80 bits per heavy atom. The van der Waals surface area contributed by atoms with Crippen molar-refractivity contribution >= 4 is 17.1 Å². The van der Waals surface area contributed by atoms with Gasteiger partial charge in [-0.3, -0.25) is 10.1 Å². The Hall–Kier alpha value is -1.82. The SMILES string of the molecule is C[C@@H](O)CNc1ccc([N+](=O)[O-])c(N)c1. The lowest BCUT2D eigenvalue weighted by molar-refractivity contribution is -0.383. The number of benzene rings is 1. The summed E-state index contributed by atoms with van der Waals surface area (Å²) >= 11 is 0. The minimum Gasteiger partial charge on any atom is -0.393 e. The number of nitrogens with zero attached hydrogens (tertiary/aromatic N) is 1. The molecule has 1 rings (SSSR count). The molecule has 82 valence electrons. The van der Waals surface area contributed by atoms with Gasteiger partial charge in [0.25, 0.3) is 5.69 Å². The molecule has 0 bridgehead atoms. The van der Waals surface area contributed by atoms with Crippen molar-refractivity contribution in [2.45, 2.75) is 13.0 Å². The van der Waals surface area contributed by atoms with E-state index in [1.807, 2.05) is 0 Å². The Balaban J connectivity index is 2.78. The lowest BCUT2D eigenvalue weighted by Gasteiger charge is -2.08. The maximum absolute atomic E-state index is 10.5. The number of hydrogen-bond acceptors (Lipinski definition) is 5. The van der Waals surface area contributed by atoms with Gasteiger partial charge in [-0.25, -0.2) is 0 Å². The van der Waals surface area contributed by atoms with Crippen LogP contribution < -0.4 is 11.1 Å². The average molecular weight is 211 g/mol. The Morgan fingerprint density at radius 1 is 1.67 bits per heavy atom. The van der Waals surface area contributed by atoms with Gasteiger partial charge in [0.1, 0.15) is 5.69 Å². The third-order valence-electron chi connectivity index (χ3n) is 1.83. The van der Waals surface area contributed by atoms with Crippen LogP contribution in [0.2, 0.25) is 0 Å². The summed E-state index contributed by atoms with van der Waals surface area (Å²) in [4.78, 5) is 9.93. The van der Waals surface area contributed by atoms with Crippen LogP contribution in [0.25, 0.3) is 0 Å². The predicted molar refractivity (Wildman–Crippen MR) is 57.7 cm³/mol. The third kappa shape index (κ3) is 3.10. The van der Waals surface area contributed by atoms with E-state index in [2.05, 4.69) is 5.32 Å². The van der Waals surface area contributed by atoms with Crippen molar-refractivity contribution in [2.24, 2.45) is 0 Å². The lowest BCUT2D eigenvalue weighted by atomic mass is 10.2. The first-order chi connectivity index (χ1) is 7.00. The molecule has 0 unspecified atom stereocenters. The number of nitrogens with two attached hydrogens (primary N) is 1. The first-order valence-corrected chi connectivity index (χ1v) is 4.46. The van der Waals surface area contributed by atoms with Crippen molar-refractivity contribution in [3.63, 3.8) is 0 Å². The van der Waals surface area contributed by atoms with Crippen LogP contribution >= 0.6 is 0 Å². The minimum atomic E-state index is -0.534. The van der Waals surface area contributed by atoms with Gasteiger partial charge in [-0.05, 0) is 19.1 Å². The maximum Gasteiger partial charge on any atom is 0.292 e. The number of nitrogen functional groups attached to an aromatic ring is 1. The molecular formula is C9H13N3O3. The highest BCUT2D eigenvalue weighted by atomic mass is 16.6. The Morgan fingerprint density at radius 2 is 2.33 bits per heavy atom. The van der Waals surface area contributed by atoms with Crippen molar-refractivity contribution in [1.29, 1.82) is 0 Å². The van der Waals surface area contributed by atoms with Gasteiger partial charge >= 0.3 is 0 Å². The van der Waals surface area contributed by atoms with E-state index in [0.29, 0.717) is 12.2 Å². The van der Waals surface area contributed by atoms with Crippen molar-refractivity contribution in [3.05, 3.63) is 28.3 Å². The highest BCUT2D eigenvalue weighted by molar-refractivity contribution is 5.65. The van der Waals surface area contributed by atoms with Gasteiger partial charge in [-0.15, -0.1) is 0 Å². The molecule has 0 aliphatic heterocycles. The van der Waals surface area contributed by atoms with E-state index in [-0.39, 0.29) is 11.4 Å². The quantitative estimate of drug-likeness (QED) is 0.391. The van der Waals surface area contributed by atoms with E-state index in [1.165, 1.54) is 12.1 Å². The minimum absolute atomic E-state index is 0.107. The normalized spacial score (nSPS) is 12.1. The molecule has 4 N–H and O–H groups in total. The zero-order valence-electron chi connectivity index (χ0n) is 8.30. The molecule has 0 fully saturated rings. The summed E-state index contributed by atoms with van der Waals surface area (Å²) < 4.78 is 0. The molecule has 15 heavy (non-hydrogen) atoms. The number of anilines is 2. The van der Waals surface area contributed by atoms with Gasteiger partial charge in [-0.2, -0.15) is 0 Å². The number of nitrogens with one attached hydrogen (secondary N) is 1. The van der Waals surface area contributed by atoms with Crippen LogP contribution in [-0.2, 0) is 0 Å². The second-order valence-corrected chi connectivity index (χ2v) is 3.26. The predicted octanol–water partition coefficient (Wildman–Crippen LogP) is 0.970. The number of aliphatic hydroxyl groups is 1. The summed E-state index contributed by atoms with van der Waals surface area (Å²) in [6.45, 7) is 2.01. The Labute approximate surface area is 86.9 Å². The Kier molecular flexibility index (Phi) is 3.46. The van der Waals surface area contributed by atoms with Gasteiger partial charge in [0, 0.05) is 18.3 Å². The van der Waals surface area contributed by atoms with Gasteiger partial charge in [0.05, 0.1) is 11.0 Å². The van der Waals surface area contributed by atoms with E-state index in [9.17, 15) is 10.1 Å². The summed E-state index contributed by atoms with van der Waals surface area (Å²) in [5.74, 6) is 0. The van der Waals surface area contributed by atoms with Crippen molar-refractivity contribution < 1.29 is 10.0 Å². The van der Waals surface area contributed by atoms with Crippen LogP contribution in [-0.4, -0.2) is 22.7 Å². The van der Waals surface area contributed by atoms with Crippen LogP contribution in [0.15, 0.2) is 18.2 Å². The van der Waals surface area contributed by atoms with Gasteiger partial charge in [0.15, 0.2) is 0 Å². The second kappa shape index (κ2) is 4.61. The summed E-state index contributed by atoms with van der Waals surface area (Å²) in [5, 5.41) is 22.4. The van der Waals surface area contributed by atoms with Crippen LogP contribution in [0, 0.1) is 10.1 Å². The van der Waals surface area contributed by atoms with E-state index in [1.54, 1.807) is 13.0 Å². The van der Waals surface area contributed by atoms with Crippen LogP contribution in [0.3, 0.4) is 0 Å². The fourth-order valence-electron chi connectivity index (χ4n) is 1.10. The fourth-order valence-corrected chi connectivity index (χ4v) is 1.10. The van der Waals surface area contributed by atoms with E-state index >= 15 is 0 Å². The molecule has 6 heteroatoms. The number of rotatable bonds is 4. The maximum atomic E-state index is 10.5. The molecule has 0 amide bonds. The third-order valence-corrected chi connectivity index (χ3v) is 1.83. The van der Waals surface area contributed by atoms with Crippen LogP contribution in [0.4, 0.5) is 17.1 Å². The lowest BCUT2D eigenvalue weighted by Crippen LogP contribution is -2.15. The van der Waals surface area contributed by atoms with Gasteiger partial charge < -0.3 is 16.2 Å². The molecule has 0 aromatic heterocycles. The van der Waals surface area contributed by atoms with Crippen molar-refractivity contribution in [1.82, 2.24) is 0 Å². The van der Waals surface area contributed by atoms with Gasteiger partial charge in [-0.1, -0.05) is 0 Å². The van der Waals surface area contributed by atoms with Crippen molar-refractivity contribution in [3.8, 4) is 0 Å². The molecule has 0 radical (unpaired) electrons. The monoisotopic (exact) mass is 211 g/mol. The number of aliphatic hydroxyl groups excluding tert-OH is 1. The topological polar surface area (TPSA) is 101 Å². The Bertz CT molecular complexity index is 366. The van der Waals surface area contributed by atoms with E-state index in [0.717, 1.165) is 0 Å². The molecule has 6 nitrogen and oxygen atoms in total. The first kappa shape index (κ1) is 11.3. The number of nitro benzene ring substituents is 1. The first-order valence-electron chi connectivity index (χ1n) is 4.46. The summed E-state index contributed by atoms with van der Waals surface area (Å²) in [7, 11) is 0. The van der Waals surface area contributed by atoms with E-state index < -0.39 is 11.0 Å². The largest absolute Gasteiger partial charge is 0.393 e. The van der Waals surface area contributed by atoms with E-state index in [4.69, 9.17) is 10.8 Å². The highest BCUT2D eigenvalue weighted by Gasteiger charge is 2.10. The number of nitro groups is 1. The zero-order chi connectivity index (χ0) is 11.4. The second-order valence-electron chi connectivity index (χ2n) is 3.26. The molecule has 0 aliphatic carbocycles. The molecule has 0 heterocycles. The summed E-state index contributed by atoms with van der Waals surface area (Å²) in [6.07, 6.45) is -0.485. The molecule has 0 saturated heterocycles. The molecular weight excluding hydrogens is 198 g/mol. The average Bonchev–Trinajstić information content (AvgIpc) is 2.14. The summed E-state index contributed by atoms with van der Waals surface area (Å²) in [6, 6.07) is 4.36. The number of hydrogen-bond donors (Lipinski definition) is 3. The van der Waals surface area contributed by atoms with Crippen molar-refractivity contribution in [2.75, 3.05) is 17.6 Å². The standard InChI is InChI=1S/C9H13N3O3/c1-6(13)5-11-7-2-3-9(12(14)15)8(10)4-7/h2-4,6,11,13H,5,10H2,1H3/t6-/m1/s1. The zero-order valence-corrected chi connectivity index (χ0v) is 8.30. The fraction of sp³-hybridized carbons (Fsp3) is 0.333. The molecule has 1 atom stereocenters. The molecule has 0 aliphatic rings.